The van der Waals surface area contributed by atoms with Crippen molar-refractivity contribution in [2.45, 2.75) is 13.5 Å². The number of rotatable bonds is 4. The van der Waals surface area contributed by atoms with Crippen LogP contribution in [0.2, 0.25) is 0 Å². The Morgan fingerprint density at radius 3 is 2.94 bits per heavy atom. The quantitative estimate of drug-likeness (QED) is 0.932. The highest BCUT2D eigenvalue weighted by Crippen LogP contribution is 2.18. The van der Waals surface area contributed by atoms with Crippen LogP contribution in [0.1, 0.15) is 5.56 Å². The van der Waals surface area contributed by atoms with E-state index in [1.807, 2.05) is 16.9 Å². The van der Waals surface area contributed by atoms with Crippen molar-refractivity contribution in [2.75, 3.05) is 11.9 Å². The van der Waals surface area contributed by atoms with Crippen molar-refractivity contribution >= 4 is 21.6 Å². The number of nitrogens with zero attached hydrogens (tertiary/aromatic N) is 2. The van der Waals surface area contributed by atoms with Gasteiger partial charge >= 0.3 is 0 Å². The molecule has 1 heterocycles. The van der Waals surface area contributed by atoms with E-state index in [0.717, 1.165) is 23.2 Å². The minimum absolute atomic E-state index is 0.873. The van der Waals surface area contributed by atoms with Crippen LogP contribution >= 0.6 is 15.9 Å². The highest BCUT2D eigenvalue weighted by Gasteiger charge is 1.96. The Labute approximate surface area is 104 Å². The molecule has 0 fully saturated rings. The maximum atomic E-state index is 4.15. The normalized spacial score (nSPS) is 10.4. The van der Waals surface area contributed by atoms with Crippen molar-refractivity contribution < 1.29 is 0 Å². The first kappa shape index (κ1) is 11.2. The molecule has 0 bridgehead atoms. The topological polar surface area (TPSA) is 29.9 Å². The monoisotopic (exact) mass is 279 g/mol. The summed E-state index contributed by atoms with van der Waals surface area (Å²) in [6, 6.07) is 8.24. The fourth-order valence-corrected chi connectivity index (χ4v) is 2.19. The molecule has 0 aliphatic heterocycles. The van der Waals surface area contributed by atoms with E-state index in [9.17, 15) is 0 Å². The molecule has 0 radical (unpaired) electrons. The van der Waals surface area contributed by atoms with Crippen LogP contribution in [0.25, 0.3) is 0 Å². The van der Waals surface area contributed by atoms with Crippen molar-refractivity contribution in [3.63, 3.8) is 0 Å². The largest absolute Gasteiger partial charge is 0.383 e. The van der Waals surface area contributed by atoms with Gasteiger partial charge in [0.05, 0.1) is 6.54 Å². The molecule has 4 heteroatoms. The summed E-state index contributed by atoms with van der Waals surface area (Å²) in [6.07, 6.45) is 3.76. The molecular formula is C12H14BrN3. The Kier molecular flexibility index (Phi) is 3.62. The molecule has 2 aromatic rings. The zero-order valence-corrected chi connectivity index (χ0v) is 10.7. The first-order valence-corrected chi connectivity index (χ1v) is 6.02. The summed E-state index contributed by atoms with van der Waals surface area (Å²) in [5.41, 5.74) is 2.38. The maximum Gasteiger partial charge on any atom is 0.0582 e. The second kappa shape index (κ2) is 5.16. The summed E-state index contributed by atoms with van der Waals surface area (Å²) in [6.45, 7) is 3.83. The standard InChI is InChI=1S/C12H14BrN3/c1-10-7-11(13)9-12(8-10)14-4-6-16-5-2-3-15-16/h2-3,5,7-9,14H,4,6H2,1H3. The Morgan fingerprint density at radius 2 is 2.25 bits per heavy atom. The van der Waals surface area contributed by atoms with Gasteiger partial charge in [-0.25, -0.2) is 0 Å². The van der Waals surface area contributed by atoms with E-state index in [2.05, 4.69) is 51.5 Å². The molecule has 0 aliphatic rings. The first-order valence-electron chi connectivity index (χ1n) is 5.22. The third-order valence-electron chi connectivity index (χ3n) is 2.27. The van der Waals surface area contributed by atoms with Gasteiger partial charge in [-0.05, 0) is 36.8 Å². The minimum Gasteiger partial charge on any atom is -0.383 e. The Balaban J connectivity index is 1.89. The molecule has 0 saturated carbocycles. The van der Waals surface area contributed by atoms with Gasteiger partial charge in [-0.2, -0.15) is 5.10 Å². The summed E-state index contributed by atoms with van der Waals surface area (Å²) < 4.78 is 3.02. The van der Waals surface area contributed by atoms with Crippen LogP contribution in [-0.2, 0) is 6.54 Å². The number of anilines is 1. The van der Waals surface area contributed by atoms with E-state index in [-0.39, 0.29) is 0 Å². The van der Waals surface area contributed by atoms with E-state index >= 15 is 0 Å². The molecule has 0 saturated heterocycles. The van der Waals surface area contributed by atoms with Gasteiger partial charge in [0, 0.05) is 29.1 Å². The highest BCUT2D eigenvalue weighted by atomic mass is 79.9. The number of aryl methyl sites for hydroxylation is 1. The lowest BCUT2D eigenvalue weighted by Gasteiger charge is -2.08. The van der Waals surface area contributed by atoms with Gasteiger partial charge in [-0.1, -0.05) is 15.9 Å². The third-order valence-corrected chi connectivity index (χ3v) is 2.73. The van der Waals surface area contributed by atoms with Crippen molar-refractivity contribution in [3.05, 3.63) is 46.7 Å². The number of hydrogen-bond acceptors (Lipinski definition) is 2. The Bertz CT molecular complexity index is 431. The van der Waals surface area contributed by atoms with Crippen LogP contribution in [-0.4, -0.2) is 16.3 Å². The lowest BCUT2D eigenvalue weighted by Crippen LogP contribution is -2.10. The van der Waals surface area contributed by atoms with E-state index in [1.54, 1.807) is 6.20 Å². The van der Waals surface area contributed by atoms with Crippen molar-refractivity contribution in [2.24, 2.45) is 0 Å². The molecule has 84 valence electrons. The summed E-state index contributed by atoms with van der Waals surface area (Å²) in [5, 5.41) is 7.52. The molecule has 0 unspecified atom stereocenters. The number of nitrogens with one attached hydrogen (secondary N) is 1. The third kappa shape index (κ3) is 3.10. The molecule has 3 nitrogen and oxygen atoms in total. The second-order valence-corrected chi connectivity index (χ2v) is 4.63. The van der Waals surface area contributed by atoms with Crippen LogP contribution < -0.4 is 5.32 Å². The van der Waals surface area contributed by atoms with Crippen molar-refractivity contribution in [3.8, 4) is 0 Å². The molecule has 0 aliphatic carbocycles. The van der Waals surface area contributed by atoms with Crippen LogP contribution in [0.15, 0.2) is 41.1 Å². The smallest absolute Gasteiger partial charge is 0.0582 e. The molecule has 0 spiro atoms. The zero-order chi connectivity index (χ0) is 11.4. The van der Waals surface area contributed by atoms with Gasteiger partial charge in [0.2, 0.25) is 0 Å². The van der Waals surface area contributed by atoms with Crippen LogP contribution in [0.5, 0.6) is 0 Å². The first-order chi connectivity index (χ1) is 7.74. The molecule has 1 aromatic heterocycles. The number of hydrogen-bond donors (Lipinski definition) is 1. The van der Waals surface area contributed by atoms with Crippen molar-refractivity contribution in [1.82, 2.24) is 9.78 Å². The Hall–Kier alpha value is -1.29. The molecule has 0 atom stereocenters. The molecule has 1 N–H and O–H groups in total. The van der Waals surface area contributed by atoms with E-state index in [1.165, 1.54) is 5.56 Å². The van der Waals surface area contributed by atoms with E-state index in [4.69, 9.17) is 0 Å². The number of benzene rings is 1. The van der Waals surface area contributed by atoms with Gasteiger partial charge in [-0.3, -0.25) is 4.68 Å². The van der Waals surface area contributed by atoms with Crippen LogP contribution in [0.3, 0.4) is 0 Å². The average Bonchev–Trinajstić information content (AvgIpc) is 2.69. The lowest BCUT2D eigenvalue weighted by molar-refractivity contribution is 0.638. The summed E-state index contributed by atoms with van der Waals surface area (Å²) >= 11 is 3.49. The summed E-state index contributed by atoms with van der Waals surface area (Å²) in [4.78, 5) is 0. The van der Waals surface area contributed by atoms with Gasteiger partial charge in [-0.15, -0.1) is 0 Å². The Morgan fingerprint density at radius 1 is 1.38 bits per heavy atom. The van der Waals surface area contributed by atoms with Crippen LogP contribution in [0.4, 0.5) is 5.69 Å². The summed E-state index contributed by atoms with van der Waals surface area (Å²) in [7, 11) is 0. The fraction of sp³-hybridized carbons (Fsp3) is 0.250. The molecule has 0 amide bonds. The minimum atomic E-state index is 0.873. The maximum absolute atomic E-state index is 4.15. The van der Waals surface area contributed by atoms with Gasteiger partial charge in [0.1, 0.15) is 0 Å². The fourth-order valence-electron chi connectivity index (χ4n) is 1.59. The molecule has 2 rings (SSSR count). The number of aromatic nitrogens is 2. The van der Waals surface area contributed by atoms with Gasteiger partial charge < -0.3 is 5.32 Å². The predicted molar refractivity (Wildman–Crippen MR) is 69.6 cm³/mol. The number of halogens is 1. The summed E-state index contributed by atoms with van der Waals surface area (Å²) in [5.74, 6) is 0. The SMILES string of the molecule is Cc1cc(Br)cc(NCCn2cccn2)c1. The molecule has 16 heavy (non-hydrogen) atoms. The van der Waals surface area contributed by atoms with Gasteiger partial charge in [0.15, 0.2) is 0 Å². The molecule has 1 aromatic carbocycles. The van der Waals surface area contributed by atoms with E-state index in [0.29, 0.717) is 0 Å². The zero-order valence-electron chi connectivity index (χ0n) is 9.15. The second-order valence-electron chi connectivity index (χ2n) is 3.71. The highest BCUT2D eigenvalue weighted by molar-refractivity contribution is 9.10. The molecular weight excluding hydrogens is 266 g/mol. The lowest BCUT2D eigenvalue weighted by atomic mass is 10.2. The van der Waals surface area contributed by atoms with Crippen molar-refractivity contribution in [1.29, 1.82) is 0 Å². The van der Waals surface area contributed by atoms with Crippen LogP contribution in [0, 0.1) is 6.92 Å². The average molecular weight is 280 g/mol. The van der Waals surface area contributed by atoms with Gasteiger partial charge in [0.25, 0.3) is 0 Å². The van der Waals surface area contributed by atoms with E-state index < -0.39 is 0 Å². The predicted octanol–water partition coefficient (Wildman–Crippen LogP) is 3.07.